The summed E-state index contributed by atoms with van der Waals surface area (Å²) in [5.41, 5.74) is 6.53. The Hall–Kier alpha value is -1.30. The minimum absolute atomic E-state index is 0. The highest BCUT2D eigenvalue weighted by Gasteiger charge is 2.07. The molecule has 1 rings (SSSR count). The topological polar surface area (TPSA) is 84.2 Å². The lowest BCUT2D eigenvalue weighted by Gasteiger charge is -2.10. The Kier molecular flexibility index (Phi) is 10.6. The third kappa shape index (κ3) is 8.22. The van der Waals surface area contributed by atoms with E-state index in [1.54, 1.807) is 18.2 Å². The summed E-state index contributed by atoms with van der Waals surface area (Å²) >= 11 is 6.04. The summed E-state index contributed by atoms with van der Waals surface area (Å²) in [6.45, 7) is 2.12. The van der Waals surface area contributed by atoms with E-state index in [4.69, 9.17) is 17.3 Å². The van der Waals surface area contributed by atoms with Crippen LogP contribution in [-0.2, 0) is 9.59 Å². The summed E-state index contributed by atoms with van der Waals surface area (Å²) in [6.07, 6.45) is 4.30. The summed E-state index contributed by atoms with van der Waals surface area (Å²) < 4.78 is 0. The van der Waals surface area contributed by atoms with Crippen molar-refractivity contribution in [3.05, 3.63) is 23.2 Å². The monoisotopic (exact) mass is 347 g/mol. The zero-order valence-corrected chi connectivity index (χ0v) is 14.2. The number of carbonyl (C=O) groups excluding carboxylic acids is 2. The Bertz CT molecular complexity index is 496. The largest absolute Gasteiger partial charge is 0.330 e. The fraction of sp³-hybridized carbons (Fsp3) is 0.467. The number of halogens is 2. The Morgan fingerprint density at radius 3 is 2.45 bits per heavy atom. The quantitative estimate of drug-likeness (QED) is 0.628. The van der Waals surface area contributed by atoms with Crippen molar-refractivity contribution in [2.24, 2.45) is 5.73 Å². The van der Waals surface area contributed by atoms with Gasteiger partial charge < -0.3 is 16.4 Å². The number of nitrogens with two attached hydrogens (primary N) is 1. The maximum atomic E-state index is 11.8. The van der Waals surface area contributed by atoms with Gasteiger partial charge in [0.15, 0.2) is 0 Å². The van der Waals surface area contributed by atoms with E-state index in [-0.39, 0.29) is 24.2 Å². The van der Waals surface area contributed by atoms with E-state index in [1.165, 1.54) is 6.92 Å². The number of amides is 2. The maximum absolute atomic E-state index is 11.8. The van der Waals surface area contributed by atoms with Crippen LogP contribution in [0.25, 0.3) is 0 Å². The Balaban J connectivity index is 0.00000441. The molecule has 1 aromatic carbocycles. The van der Waals surface area contributed by atoms with Gasteiger partial charge in [-0.2, -0.15) is 0 Å². The summed E-state index contributed by atoms with van der Waals surface area (Å²) in [5, 5.41) is 5.86. The normalized spacial score (nSPS) is 9.77. The molecule has 0 aromatic heterocycles. The molecule has 7 heteroatoms. The molecule has 0 bridgehead atoms. The molecule has 0 atom stereocenters. The first-order valence-corrected chi connectivity index (χ1v) is 7.48. The SMILES string of the molecule is CC(=O)Nc1ccc(Cl)c(NC(=O)CCCCCCN)c1.Cl. The number of rotatable bonds is 8. The Labute approximate surface area is 142 Å². The first kappa shape index (κ1) is 20.7. The van der Waals surface area contributed by atoms with Gasteiger partial charge in [-0.1, -0.05) is 24.4 Å². The lowest BCUT2D eigenvalue weighted by molar-refractivity contribution is -0.116. The van der Waals surface area contributed by atoms with Crippen molar-refractivity contribution in [2.45, 2.75) is 39.0 Å². The summed E-state index contributed by atoms with van der Waals surface area (Å²) in [6, 6.07) is 4.98. The van der Waals surface area contributed by atoms with Gasteiger partial charge in [0.1, 0.15) is 0 Å². The van der Waals surface area contributed by atoms with Crippen LogP contribution in [0.4, 0.5) is 11.4 Å². The van der Waals surface area contributed by atoms with Gasteiger partial charge in [-0.05, 0) is 37.6 Å². The maximum Gasteiger partial charge on any atom is 0.224 e. The fourth-order valence-corrected chi connectivity index (χ4v) is 2.06. The van der Waals surface area contributed by atoms with Crippen molar-refractivity contribution in [1.29, 1.82) is 0 Å². The molecule has 5 nitrogen and oxygen atoms in total. The van der Waals surface area contributed by atoms with Crippen LogP contribution in [0.15, 0.2) is 18.2 Å². The zero-order valence-electron chi connectivity index (χ0n) is 12.7. The van der Waals surface area contributed by atoms with E-state index in [1.807, 2.05) is 0 Å². The number of unbranched alkanes of at least 4 members (excludes halogenated alkanes) is 3. The fourth-order valence-electron chi connectivity index (χ4n) is 1.90. The van der Waals surface area contributed by atoms with Crippen molar-refractivity contribution in [3.63, 3.8) is 0 Å². The first-order chi connectivity index (χ1) is 10.0. The van der Waals surface area contributed by atoms with Gasteiger partial charge in [-0.3, -0.25) is 9.59 Å². The highest BCUT2D eigenvalue weighted by molar-refractivity contribution is 6.33. The van der Waals surface area contributed by atoms with E-state index in [2.05, 4.69) is 10.6 Å². The number of anilines is 2. The molecule has 0 aliphatic rings. The van der Waals surface area contributed by atoms with Crippen molar-refractivity contribution >= 4 is 47.2 Å². The molecular weight excluding hydrogens is 325 g/mol. The van der Waals surface area contributed by atoms with Crippen LogP contribution in [0.1, 0.15) is 39.0 Å². The third-order valence-corrected chi connectivity index (χ3v) is 3.25. The van der Waals surface area contributed by atoms with E-state index < -0.39 is 0 Å². The van der Waals surface area contributed by atoms with Gasteiger partial charge in [0.25, 0.3) is 0 Å². The lowest BCUT2D eigenvalue weighted by atomic mass is 10.1. The third-order valence-electron chi connectivity index (χ3n) is 2.92. The van der Waals surface area contributed by atoms with Crippen molar-refractivity contribution < 1.29 is 9.59 Å². The molecule has 0 fully saturated rings. The second kappa shape index (κ2) is 11.3. The van der Waals surface area contributed by atoms with Crippen LogP contribution < -0.4 is 16.4 Å². The molecule has 0 saturated carbocycles. The second-order valence-electron chi connectivity index (χ2n) is 4.88. The van der Waals surface area contributed by atoms with Gasteiger partial charge in [0.05, 0.1) is 10.7 Å². The highest BCUT2D eigenvalue weighted by Crippen LogP contribution is 2.25. The molecule has 0 spiro atoms. The van der Waals surface area contributed by atoms with E-state index in [9.17, 15) is 9.59 Å². The summed E-state index contributed by atoms with van der Waals surface area (Å²) in [7, 11) is 0. The molecule has 22 heavy (non-hydrogen) atoms. The van der Waals surface area contributed by atoms with Crippen molar-refractivity contribution in [2.75, 3.05) is 17.2 Å². The number of carbonyl (C=O) groups is 2. The second-order valence-corrected chi connectivity index (χ2v) is 5.28. The summed E-state index contributed by atoms with van der Waals surface area (Å²) in [5.74, 6) is -0.251. The number of benzene rings is 1. The van der Waals surface area contributed by atoms with Gasteiger partial charge in [-0.15, -0.1) is 12.4 Å². The molecule has 124 valence electrons. The van der Waals surface area contributed by atoms with Gasteiger partial charge in [-0.25, -0.2) is 0 Å². The minimum atomic E-state index is -0.172. The summed E-state index contributed by atoms with van der Waals surface area (Å²) in [4.78, 5) is 22.9. The highest BCUT2D eigenvalue weighted by atomic mass is 35.5. The van der Waals surface area contributed by atoms with Gasteiger partial charge in [0, 0.05) is 19.0 Å². The lowest BCUT2D eigenvalue weighted by Crippen LogP contribution is -2.12. The van der Waals surface area contributed by atoms with E-state index in [0.717, 1.165) is 25.7 Å². The molecule has 0 radical (unpaired) electrons. The zero-order chi connectivity index (χ0) is 15.7. The predicted octanol–water partition coefficient (Wildman–Crippen LogP) is 3.57. The average molecular weight is 348 g/mol. The molecule has 0 heterocycles. The number of hydrogen-bond donors (Lipinski definition) is 3. The van der Waals surface area contributed by atoms with Crippen LogP contribution >= 0.6 is 24.0 Å². The van der Waals surface area contributed by atoms with Crippen LogP contribution in [0, 0.1) is 0 Å². The molecule has 4 N–H and O–H groups in total. The predicted molar refractivity (Wildman–Crippen MR) is 93.8 cm³/mol. The Morgan fingerprint density at radius 2 is 1.82 bits per heavy atom. The number of hydrogen-bond acceptors (Lipinski definition) is 3. The van der Waals surface area contributed by atoms with Crippen molar-refractivity contribution in [1.82, 2.24) is 0 Å². The van der Waals surface area contributed by atoms with Gasteiger partial charge in [0.2, 0.25) is 11.8 Å². The van der Waals surface area contributed by atoms with E-state index in [0.29, 0.717) is 29.4 Å². The Morgan fingerprint density at radius 1 is 1.14 bits per heavy atom. The van der Waals surface area contributed by atoms with Crippen LogP contribution in [0.3, 0.4) is 0 Å². The van der Waals surface area contributed by atoms with Crippen molar-refractivity contribution in [3.8, 4) is 0 Å². The average Bonchev–Trinajstić information content (AvgIpc) is 2.42. The first-order valence-electron chi connectivity index (χ1n) is 7.10. The van der Waals surface area contributed by atoms with Crippen LogP contribution in [0.5, 0.6) is 0 Å². The molecular formula is C15H23Cl2N3O2. The standard InChI is InChI=1S/C15H22ClN3O2.ClH/c1-11(20)18-12-7-8-13(16)14(10-12)19-15(21)6-4-2-3-5-9-17;/h7-8,10H,2-6,9,17H2,1H3,(H,18,20)(H,19,21);1H. The molecule has 0 aliphatic heterocycles. The molecule has 2 amide bonds. The smallest absolute Gasteiger partial charge is 0.224 e. The minimum Gasteiger partial charge on any atom is -0.330 e. The van der Waals surface area contributed by atoms with E-state index >= 15 is 0 Å². The molecule has 0 saturated heterocycles. The molecule has 0 unspecified atom stereocenters. The van der Waals surface area contributed by atoms with Gasteiger partial charge >= 0.3 is 0 Å². The molecule has 0 aliphatic carbocycles. The molecule has 1 aromatic rings. The van der Waals surface area contributed by atoms with Crippen LogP contribution in [0.2, 0.25) is 5.02 Å². The van der Waals surface area contributed by atoms with Crippen LogP contribution in [-0.4, -0.2) is 18.4 Å². The number of nitrogens with one attached hydrogen (secondary N) is 2.